The Morgan fingerprint density at radius 2 is 2.05 bits per heavy atom. The van der Waals surface area contributed by atoms with E-state index in [4.69, 9.17) is 0 Å². The molecule has 106 valence electrons. The van der Waals surface area contributed by atoms with Crippen molar-refractivity contribution >= 4 is 21.8 Å². The van der Waals surface area contributed by atoms with Gasteiger partial charge in [0.05, 0.1) is 13.4 Å². The highest BCUT2D eigenvalue weighted by atomic mass is 32.2. The predicted octanol–water partition coefficient (Wildman–Crippen LogP) is -0.467. The molecular weight excluding hydrogens is 272 g/mol. The number of hydrogen-bond acceptors (Lipinski definition) is 7. The molecule has 1 heterocycles. The molecular formula is C10H16N4O4S. The van der Waals surface area contributed by atoms with Crippen molar-refractivity contribution < 1.29 is 17.9 Å². The lowest BCUT2D eigenvalue weighted by molar-refractivity contribution is 0.0586. The Hall–Kier alpha value is -1.74. The molecule has 0 unspecified atom stereocenters. The number of ether oxygens (including phenoxy) is 1. The van der Waals surface area contributed by atoms with E-state index in [9.17, 15) is 13.2 Å². The average molecular weight is 288 g/mol. The lowest BCUT2D eigenvalue weighted by Gasteiger charge is -2.08. The normalized spacial score (nSPS) is 11.1. The molecule has 1 aromatic rings. The summed E-state index contributed by atoms with van der Waals surface area (Å²) in [7, 11) is -1.96. The molecule has 0 radical (unpaired) electrons. The number of anilines is 1. The number of esters is 1. The maximum absolute atomic E-state index is 11.3. The smallest absolute Gasteiger partial charge is 0.376 e. The van der Waals surface area contributed by atoms with Crippen LogP contribution in [0.1, 0.15) is 16.3 Å². The van der Waals surface area contributed by atoms with Gasteiger partial charge in [-0.15, -0.1) is 0 Å². The summed E-state index contributed by atoms with van der Waals surface area (Å²) in [5.41, 5.74) is 0.606. The number of nitrogens with one attached hydrogen (secondary N) is 2. The zero-order chi connectivity index (χ0) is 14.5. The summed E-state index contributed by atoms with van der Waals surface area (Å²) in [6, 6.07) is 1.65. The summed E-state index contributed by atoms with van der Waals surface area (Å²) in [4.78, 5) is 19.2. The van der Waals surface area contributed by atoms with Crippen molar-refractivity contribution in [2.75, 3.05) is 31.8 Å². The first-order valence-electron chi connectivity index (χ1n) is 5.44. The molecule has 0 aliphatic heterocycles. The lowest BCUT2D eigenvalue weighted by atomic mass is 10.4. The topological polar surface area (TPSA) is 110 Å². The van der Waals surface area contributed by atoms with Gasteiger partial charge in [0.15, 0.2) is 0 Å². The summed E-state index contributed by atoms with van der Waals surface area (Å²) in [5.74, 6) is -0.231. The second-order valence-corrected chi connectivity index (χ2v) is 5.64. The largest absolute Gasteiger partial charge is 0.463 e. The van der Waals surface area contributed by atoms with Crippen molar-refractivity contribution in [3.05, 3.63) is 17.6 Å². The van der Waals surface area contributed by atoms with E-state index in [-0.39, 0.29) is 12.4 Å². The van der Waals surface area contributed by atoms with Crippen LogP contribution in [0.4, 0.5) is 5.82 Å². The van der Waals surface area contributed by atoms with Gasteiger partial charge in [0.2, 0.25) is 15.8 Å². The molecule has 1 rings (SSSR count). The second kappa shape index (κ2) is 6.43. The molecule has 19 heavy (non-hydrogen) atoms. The summed E-state index contributed by atoms with van der Waals surface area (Å²) < 4.78 is 28.6. The van der Waals surface area contributed by atoms with Crippen molar-refractivity contribution in [3.63, 3.8) is 0 Å². The van der Waals surface area contributed by atoms with Crippen molar-refractivity contribution in [3.8, 4) is 0 Å². The SMILES string of the molecule is COC(=O)c1nc(C)cc(NCCNS(C)(=O)=O)n1. The Morgan fingerprint density at radius 3 is 2.63 bits per heavy atom. The van der Waals surface area contributed by atoms with Gasteiger partial charge in [0.25, 0.3) is 0 Å². The molecule has 0 aromatic carbocycles. The molecule has 0 aliphatic rings. The number of carbonyl (C=O) groups is 1. The zero-order valence-corrected chi connectivity index (χ0v) is 11.7. The van der Waals surface area contributed by atoms with Gasteiger partial charge in [0.1, 0.15) is 5.82 Å². The minimum absolute atomic E-state index is 0.0407. The fourth-order valence-electron chi connectivity index (χ4n) is 1.27. The van der Waals surface area contributed by atoms with Crippen LogP contribution in [0.5, 0.6) is 0 Å². The van der Waals surface area contributed by atoms with E-state index in [0.717, 1.165) is 6.26 Å². The van der Waals surface area contributed by atoms with Gasteiger partial charge in [-0.05, 0) is 6.92 Å². The first kappa shape index (κ1) is 15.3. The Labute approximate surface area is 111 Å². The lowest BCUT2D eigenvalue weighted by Crippen LogP contribution is -2.28. The van der Waals surface area contributed by atoms with E-state index in [1.807, 2.05) is 0 Å². The molecule has 0 spiro atoms. The number of carbonyl (C=O) groups excluding carboxylic acids is 1. The minimum atomic E-state index is -3.21. The van der Waals surface area contributed by atoms with Crippen LogP contribution in [0.15, 0.2) is 6.07 Å². The number of nitrogens with zero attached hydrogens (tertiary/aromatic N) is 2. The fourth-order valence-corrected chi connectivity index (χ4v) is 1.74. The highest BCUT2D eigenvalue weighted by Crippen LogP contribution is 2.06. The number of methoxy groups -OCH3 is 1. The number of sulfonamides is 1. The van der Waals surface area contributed by atoms with E-state index in [2.05, 4.69) is 24.7 Å². The Bertz CT molecular complexity index is 559. The van der Waals surface area contributed by atoms with Crippen LogP contribution in [-0.2, 0) is 14.8 Å². The van der Waals surface area contributed by atoms with Crippen molar-refractivity contribution in [1.29, 1.82) is 0 Å². The van der Waals surface area contributed by atoms with Crippen molar-refractivity contribution in [1.82, 2.24) is 14.7 Å². The third-order valence-electron chi connectivity index (χ3n) is 2.02. The second-order valence-electron chi connectivity index (χ2n) is 3.80. The molecule has 8 nitrogen and oxygen atoms in total. The number of rotatable bonds is 6. The molecule has 0 saturated carbocycles. The van der Waals surface area contributed by atoms with Crippen molar-refractivity contribution in [2.45, 2.75) is 6.92 Å². The van der Waals surface area contributed by atoms with Crippen LogP contribution in [-0.4, -0.2) is 50.8 Å². The zero-order valence-electron chi connectivity index (χ0n) is 10.9. The fraction of sp³-hybridized carbons (Fsp3) is 0.500. The van der Waals surface area contributed by atoms with Gasteiger partial charge in [-0.2, -0.15) is 0 Å². The van der Waals surface area contributed by atoms with E-state index >= 15 is 0 Å². The summed E-state index contributed by atoms with van der Waals surface area (Å²) in [6.45, 7) is 2.27. The summed E-state index contributed by atoms with van der Waals surface area (Å²) in [5, 5.41) is 2.89. The molecule has 0 amide bonds. The van der Waals surface area contributed by atoms with Crippen LogP contribution in [0.25, 0.3) is 0 Å². The van der Waals surface area contributed by atoms with E-state index in [1.54, 1.807) is 13.0 Å². The molecule has 0 atom stereocenters. The molecule has 0 saturated heterocycles. The van der Waals surface area contributed by atoms with Crippen LogP contribution in [0, 0.1) is 6.92 Å². The van der Waals surface area contributed by atoms with Gasteiger partial charge >= 0.3 is 5.97 Å². The first-order valence-corrected chi connectivity index (χ1v) is 7.33. The van der Waals surface area contributed by atoms with Gasteiger partial charge in [-0.3, -0.25) is 0 Å². The van der Waals surface area contributed by atoms with Crippen LogP contribution in [0.3, 0.4) is 0 Å². The van der Waals surface area contributed by atoms with Crippen LogP contribution < -0.4 is 10.0 Å². The van der Waals surface area contributed by atoms with E-state index in [0.29, 0.717) is 18.1 Å². The van der Waals surface area contributed by atoms with Crippen molar-refractivity contribution in [2.24, 2.45) is 0 Å². The minimum Gasteiger partial charge on any atom is -0.463 e. The Balaban J connectivity index is 2.63. The van der Waals surface area contributed by atoms with Gasteiger partial charge < -0.3 is 10.1 Å². The number of aromatic nitrogens is 2. The Kier molecular flexibility index (Phi) is 5.19. The van der Waals surface area contributed by atoms with Gasteiger partial charge in [0, 0.05) is 24.8 Å². The molecule has 0 aliphatic carbocycles. The monoisotopic (exact) mass is 288 g/mol. The van der Waals surface area contributed by atoms with E-state index in [1.165, 1.54) is 7.11 Å². The third kappa shape index (κ3) is 5.62. The quantitative estimate of drug-likeness (QED) is 0.538. The maximum atomic E-state index is 11.3. The molecule has 9 heteroatoms. The summed E-state index contributed by atoms with van der Waals surface area (Å²) in [6.07, 6.45) is 1.08. The third-order valence-corrected chi connectivity index (χ3v) is 2.75. The molecule has 1 aromatic heterocycles. The standard InChI is InChI=1S/C10H16N4O4S/c1-7-6-8(11-4-5-12-19(3,16)17)14-9(13-7)10(15)18-2/h6,12H,4-5H2,1-3H3,(H,11,13,14). The average Bonchev–Trinajstić information content (AvgIpc) is 2.32. The van der Waals surface area contributed by atoms with Crippen LogP contribution >= 0.6 is 0 Å². The number of hydrogen-bond donors (Lipinski definition) is 2. The molecule has 0 fully saturated rings. The first-order chi connectivity index (χ1) is 8.81. The highest BCUT2D eigenvalue weighted by Gasteiger charge is 2.11. The van der Waals surface area contributed by atoms with E-state index < -0.39 is 16.0 Å². The predicted molar refractivity (Wildman–Crippen MR) is 69.4 cm³/mol. The molecule has 0 bridgehead atoms. The van der Waals surface area contributed by atoms with Crippen LogP contribution in [0.2, 0.25) is 0 Å². The summed E-state index contributed by atoms with van der Waals surface area (Å²) >= 11 is 0. The highest BCUT2D eigenvalue weighted by molar-refractivity contribution is 7.88. The maximum Gasteiger partial charge on any atom is 0.376 e. The van der Waals surface area contributed by atoms with Gasteiger partial charge in [-0.1, -0.05) is 0 Å². The molecule has 2 N–H and O–H groups in total. The number of aryl methyl sites for hydroxylation is 1. The Morgan fingerprint density at radius 1 is 1.37 bits per heavy atom. The van der Waals surface area contributed by atoms with Gasteiger partial charge in [-0.25, -0.2) is 27.9 Å².